The second kappa shape index (κ2) is 22.8. The lowest BCUT2D eigenvalue weighted by Crippen LogP contribution is -2.26. The Hall–Kier alpha value is -2.35. The normalized spacial score (nSPS) is 12.4. The van der Waals surface area contributed by atoms with Crippen LogP contribution in [0.15, 0.2) is 52.1 Å². The van der Waals surface area contributed by atoms with Gasteiger partial charge >= 0.3 is 0 Å². The van der Waals surface area contributed by atoms with E-state index in [1.165, 1.54) is 6.07 Å². The van der Waals surface area contributed by atoms with Crippen molar-refractivity contribution in [2.24, 2.45) is 15.9 Å². The summed E-state index contributed by atoms with van der Waals surface area (Å²) in [6.07, 6.45) is 8.53. The lowest BCUT2D eigenvalue weighted by molar-refractivity contribution is 0.207. The Kier molecular flexibility index (Phi) is 22.7. The lowest BCUT2D eigenvalue weighted by Gasteiger charge is -2.17. The fourth-order valence-electron chi connectivity index (χ4n) is 3.03. The zero-order chi connectivity index (χ0) is 25.5. The van der Waals surface area contributed by atoms with Crippen LogP contribution in [0.25, 0.3) is 0 Å². The molecule has 0 aliphatic rings. The number of aliphatic imine (C=N–C) groups is 2. The number of rotatable bonds is 13. The van der Waals surface area contributed by atoms with Crippen LogP contribution in [0.3, 0.4) is 0 Å². The van der Waals surface area contributed by atoms with E-state index in [1.54, 1.807) is 13.1 Å². The molecule has 0 saturated heterocycles. The molecule has 0 fully saturated rings. The highest BCUT2D eigenvalue weighted by atomic mass is 19.1. The van der Waals surface area contributed by atoms with Gasteiger partial charge in [0.2, 0.25) is 0 Å². The van der Waals surface area contributed by atoms with Crippen molar-refractivity contribution in [2.75, 3.05) is 27.2 Å². The predicted octanol–water partition coefficient (Wildman–Crippen LogP) is 5.24. The molecule has 0 aliphatic carbocycles. The summed E-state index contributed by atoms with van der Waals surface area (Å²) in [5.74, 6) is 0.598. The summed E-state index contributed by atoms with van der Waals surface area (Å²) in [5, 5.41) is 10.5. The van der Waals surface area contributed by atoms with Crippen LogP contribution in [0.2, 0.25) is 0 Å². The highest BCUT2D eigenvalue weighted by Gasteiger charge is 2.12. The average Bonchev–Trinajstić information content (AvgIpc) is 2.85. The Bertz CT molecular complexity index is 718. The molecular formula is C26H45FN4O2. The lowest BCUT2D eigenvalue weighted by atomic mass is 10.0. The Morgan fingerprint density at radius 3 is 2.48 bits per heavy atom. The first-order chi connectivity index (χ1) is 16.1. The summed E-state index contributed by atoms with van der Waals surface area (Å²) in [6.45, 7) is 15.9. The van der Waals surface area contributed by atoms with Crippen molar-refractivity contribution in [1.29, 1.82) is 0 Å². The van der Waals surface area contributed by atoms with E-state index in [1.807, 2.05) is 52.0 Å². The average molecular weight is 465 g/mol. The first-order valence-corrected chi connectivity index (χ1v) is 11.7. The van der Waals surface area contributed by atoms with E-state index in [9.17, 15) is 4.39 Å². The van der Waals surface area contributed by atoms with E-state index < -0.39 is 0 Å². The van der Waals surface area contributed by atoms with Crippen LogP contribution >= 0.6 is 0 Å². The molecule has 1 atom stereocenters. The molecular weight excluding hydrogens is 419 g/mol. The van der Waals surface area contributed by atoms with Crippen LogP contribution in [-0.4, -0.2) is 45.0 Å². The number of hydrogen-bond acceptors (Lipinski definition) is 6. The minimum atomic E-state index is -0.182. The van der Waals surface area contributed by atoms with Crippen molar-refractivity contribution < 1.29 is 14.3 Å². The minimum Gasteiger partial charge on any atom is -0.400 e. The molecule has 188 valence electrons. The van der Waals surface area contributed by atoms with Gasteiger partial charge < -0.3 is 15.3 Å². The predicted molar refractivity (Wildman–Crippen MR) is 140 cm³/mol. The van der Waals surface area contributed by atoms with Crippen LogP contribution in [0.4, 0.5) is 4.39 Å². The van der Waals surface area contributed by atoms with E-state index >= 15 is 0 Å². The quantitative estimate of drug-likeness (QED) is 0.161. The monoisotopic (exact) mass is 464 g/mol. The molecule has 0 heterocycles. The number of nitrogens with one attached hydrogen (secondary N) is 2. The van der Waals surface area contributed by atoms with E-state index in [2.05, 4.69) is 34.4 Å². The molecule has 0 aromatic heterocycles. The molecule has 7 heteroatoms. The van der Waals surface area contributed by atoms with Crippen molar-refractivity contribution in [3.63, 3.8) is 0 Å². The van der Waals surface area contributed by atoms with E-state index in [0.717, 1.165) is 44.0 Å². The highest BCUT2D eigenvalue weighted by Crippen LogP contribution is 2.13. The number of aryl methyl sites for hydroxylation is 1. The molecule has 0 spiro atoms. The number of hydroxylamine groups is 1. The third-order valence-corrected chi connectivity index (χ3v) is 4.52. The first-order valence-electron chi connectivity index (χ1n) is 11.7. The van der Waals surface area contributed by atoms with Crippen LogP contribution < -0.4 is 10.8 Å². The minimum absolute atomic E-state index is 0.182. The SMILES string of the molecule is C=N/C(=C\C=C/C)C(=NC[C@@H](CCC)CNCc1ccc(F)cc1CC)ONC.CC.CO. The zero-order valence-corrected chi connectivity index (χ0v) is 21.6. The maximum absolute atomic E-state index is 13.4. The van der Waals surface area contributed by atoms with Crippen molar-refractivity contribution in [2.45, 2.75) is 60.4 Å². The number of nitrogens with zero attached hydrogens (tertiary/aromatic N) is 2. The van der Waals surface area contributed by atoms with E-state index in [-0.39, 0.29) is 5.82 Å². The van der Waals surface area contributed by atoms with Gasteiger partial charge in [0, 0.05) is 33.8 Å². The van der Waals surface area contributed by atoms with Gasteiger partial charge in [0.15, 0.2) is 0 Å². The number of aliphatic hydroxyl groups excluding tert-OH is 1. The molecule has 1 aromatic rings. The Labute approximate surface area is 200 Å². The second-order valence-corrected chi connectivity index (χ2v) is 6.74. The Morgan fingerprint density at radius 2 is 1.94 bits per heavy atom. The van der Waals surface area contributed by atoms with Gasteiger partial charge in [-0.2, -0.15) is 5.48 Å². The molecule has 0 aliphatic heterocycles. The fraction of sp³-hybridized carbons (Fsp3) is 0.538. The molecule has 33 heavy (non-hydrogen) atoms. The van der Waals surface area contributed by atoms with Gasteiger partial charge in [-0.1, -0.05) is 52.3 Å². The summed E-state index contributed by atoms with van der Waals surface area (Å²) in [4.78, 5) is 14.1. The van der Waals surface area contributed by atoms with Gasteiger partial charge in [-0.05, 0) is 61.7 Å². The highest BCUT2D eigenvalue weighted by molar-refractivity contribution is 5.94. The third-order valence-electron chi connectivity index (χ3n) is 4.52. The summed E-state index contributed by atoms with van der Waals surface area (Å²) in [6, 6.07) is 5.00. The second-order valence-electron chi connectivity index (χ2n) is 6.74. The molecule has 0 amide bonds. The molecule has 0 unspecified atom stereocenters. The van der Waals surface area contributed by atoms with Crippen molar-refractivity contribution >= 4 is 12.6 Å². The summed E-state index contributed by atoms with van der Waals surface area (Å²) in [5.41, 5.74) is 5.43. The maximum Gasteiger partial charge on any atom is 0.259 e. The van der Waals surface area contributed by atoms with Crippen LogP contribution in [0.1, 0.15) is 58.6 Å². The Morgan fingerprint density at radius 1 is 1.24 bits per heavy atom. The summed E-state index contributed by atoms with van der Waals surface area (Å²) in [7, 11) is 2.69. The van der Waals surface area contributed by atoms with Gasteiger partial charge in [-0.3, -0.25) is 4.99 Å². The van der Waals surface area contributed by atoms with Crippen LogP contribution in [0, 0.1) is 11.7 Å². The van der Waals surface area contributed by atoms with Gasteiger partial charge in [0.05, 0.1) is 0 Å². The van der Waals surface area contributed by atoms with Crippen molar-refractivity contribution in [3.05, 3.63) is 59.1 Å². The van der Waals surface area contributed by atoms with E-state index in [0.29, 0.717) is 30.6 Å². The van der Waals surface area contributed by atoms with Gasteiger partial charge in [-0.25, -0.2) is 9.38 Å². The molecule has 1 rings (SSSR count). The van der Waals surface area contributed by atoms with Crippen molar-refractivity contribution in [1.82, 2.24) is 10.8 Å². The third kappa shape index (κ3) is 14.4. The Balaban J connectivity index is 0. The summed E-state index contributed by atoms with van der Waals surface area (Å²) >= 11 is 0. The largest absolute Gasteiger partial charge is 0.400 e. The standard InChI is InChI=1S/C23H35FN4O.C2H6.CH4O/c1-6-9-11-22(25-4)23(29-26-5)28-16-18(10-7-2)15-27-17-20-12-13-21(24)14-19(20)8-3;2*1-2/h6,9,11-14,18,26-27H,4,7-8,10,15-17H2,1-3,5H3;1-2H3;2H,1H3/b9-6-,22-11-,28-23?;;/t18-;;/m0../s1. The summed E-state index contributed by atoms with van der Waals surface area (Å²) < 4.78 is 13.4. The molecule has 1 aromatic carbocycles. The van der Waals surface area contributed by atoms with Crippen molar-refractivity contribution in [3.8, 4) is 0 Å². The molecule has 3 N–H and O–H groups in total. The fourth-order valence-corrected chi connectivity index (χ4v) is 3.03. The van der Waals surface area contributed by atoms with Gasteiger partial charge in [-0.15, -0.1) is 0 Å². The topological polar surface area (TPSA) is 78.2 Å². The number of aliphatic hydroxyl groups is 1. The number of allylic oxidation sites excluding steroid dienone is 3. The van der Waals surface area contributed by atoms with Crippen LogP contribution in [-0.2, 0) is 17.8 Å². The number of benzene rings is 1. The zero-order valence-electron chi connectivity index (χ0n) is 21.6. The molecule has 0 bridgehead atoms. The first kappa shape index (κ1) is 32.8. The smallest absolute Gasteiger partial charge is 0.259 e. The van der Waals surface area contributed by atoms with Crippen LogP contribution in [0.5, 0.6) is 0 Å². The molecule has 0 radical (unpaired) electrons. The number of halogens is 1. The maximum atomic E-state index is 13.4. The van der Waals surface area contributed by atoms with Gasteiger partial charge in [0.1, 0.15) is 11.5 Å². The molecule has 0 saturated carbocycles. The molecule has 6 nitrogen and oxygen atoms in total. The van der Waals surface area contributed by atoms with E-state index in [4.69, 9.17) is 9.94 Å². The van der Waals surface area contributed by atoms with Gasteiger partial charge in [0.25, 0.3) is 5.90 Å². The number of hydrogen-bond donors (Lipinski definition) is 3.